The van der Waals surface area contributed by atoms with Gasteiger partial charge in [0.15, 0.2) is 11.5 Å². The molecule has 7 nitrogen and oxygen atoms in total. The van der Waals surface area contributed by atoms with Crippen molar-refractivity contribution >= 4 is 29.1 Å². The maximum Gasteiger partial charge on any atom is 0.261 e. The van der Waals surface area contributed by atoms with Gasteiger partial charge in [-0.1, -0.05) is 35.9 Å². The summed E-state index contributed by atoms with van der Waals surface area (Å²) in [5.74, 6) is -0.0852. The molecule has 0 aliphatic carbocycles. The number of amides is 1. The molecule has 0 fully saturated rings. The average molecular weight is 501 g/mol. The number of nitriles is 1. The Kier molecular flexibility index (Phi) is 8.66. The molecule has 0 aliphatic rings. The predicted octanol–water partition coefficient (Wildman–Crippen LogP) is 5.17. The first-order chi connectivity index (χ1) is 17.3. The van der Waals surface area contributed by atoms with Crippen molar-refractivity contribution < 1.29 is 14.3 Å². The second kappa shape index (κ2) is 11.9. The van der Waals surface area contributed by atoms with Crippen molar-refractivity contribution in [2.75, 3.05) is 18.7 Å². The van der Waals surface area contributed by atoms with Gasteiger partial charge in [-0.25, -0.2) is 0 Å². The van der Waals surface area contributed by atoms with Gasteiger partial charge in [-0.2, -0.15) is 5.26 Å². The Morgan fingerprint density at radius 1 is 1.03 bits per heavy atom. The van der Waals surface area contributed by atoms with Crippen molar-refractivity contribution in [3.05, 3.63) is 100 Å². The Hall–Kier alpha value is -4.35. The van der Waals surface area contributed by atoms with Gasteiger partial charge < -0.3 is 26.3 Å². The minimum absolute atomic E-state index is 0.0778. The lowest BCUT2D eigenvalue weighted by atomic mass is 10.00. The van der Waals surface area contributed by atoms with Gasteiger partial charge in [0.05, 0.1) is 18.7 Å². The monoisotopic (exact) mass is 500 g/mol. The van der Waals surface area contributed by atoms with Crippen molar-refractivity contribution in [2.45, 2.75) is 18.7 Å². The van der Waals surface area contributed by atoms with Gasteiger partial charge >= 0.3 is 0 Å². The third kappa shape index (κ3) is 6.20. The topological polar surface area (TPSA) is 123 Å². The van der Waals surface area contributed by atoms with Crippen LogP contribution in [0.4, 0.5) is 5.69 Å². The summed E-state index contributed by atoms with van der Waals surface area (Å²) in [6, 6.07) is 21.8. The van der Waals surface area contributed by atoms with Crippen molar-refractivity contribution in [3.8, 4) is 17.6 Å². The molecule has 0 spiro atoms. The number of ether oxygens (including phenoxy) is 2. The van der Waals surface area contributed by atoms with E-state index < -0.39 is 5.91 Å². The molecule has 0 bridgehead atoms. The van der Waals surface area contributed by atoms with E-state index in [1.165, 1.54) is 13.2 Å². The number of anilines is 1. The maximum atomic E-state index is 13.5. The van der Waals surface area contributed by atoms with Crippen LogP contribution >= 0.6 is 11.8 Å². The SMILES string of the molecule is COc1cc(C#N)ccc1O/C(N)=C(C(=O)Nc1cccc(SC)c1)/C(C)=C(\N)c1ccc(C)cc1. The van der Waals surface area contributed by atoms with E-state index in [9.17, 15) is 10.1 Å². The Balaban J connectivity index is 2.09. The fourth-order valence-electron chi connectivity index (χ4n) is 3.44. The first-order valence-corrected chi connectivity index (χ1v) is 12.2. The molecule has 0 heterocycles. The Bertz CT molecular complexity index is 1370. The van der Waals surface area contributed by atoms with Crippen LogP contribution in [0.3, 0.4) is 0 Å². The number of hydrogen-bond acceptors (Lipinski definition) is 7. The van der Waals surface area contributed by atoms with Gasteiger partial charge in [-0.15, -0.1) is 11.8 Å². The standard InChI is InChI=1S/C28H28N4O3S/c1-17-8-11-20(12-9-17)26(30)18(2)25(28(33)32-21-6-5-7-22(15-21)36-4)27(31)35-23-13-10-19(16-29)14-24(23)34-3/h5-15H,30-31H2,1-4H3,(H,32,33)/b26-18-,27-25-. The quantitative estimate of drug-likeness (QED) is 0.169. The lowest BCUT2D eigenvalue weighted by Crippen LogP contribution is -2.23. The Morgan fingerprint density at radius 3 is 2.39 bits per heavy atom. The third-order valence-electron chi connectivity index (χ3n) is 5.46. The second-order valence-corrected chi connectivity index (χ2v) is 8.79. The molecule has 0 aromatic heterocycles. The maximum absolute atomic E-state index is 13.5. The van der Waals surface area contributed by atoms with Gasteiger partial charge in [0, 0.05) is 22.3 Å². The minimum Gasteiger partial charge on any atom is -0.493 e. The van der Waals surface area contributed by atoms with E-state index in [1.54, 1.807) is 36.9 Å². The molecule has 1 amide bonds. The average Bonchev–Trinajstić information content (AvgIpc) is 2.89. The predicted molar refractivity (Wildman–Crippen MR) is 144 cm³/mol. The Labute approximate surface area is 215 Å². The molecule has 3 aromatic rings. The number of benzene rings is 3. The molecule has 0 saturated heterocycles. The van der Waals surface area contributed by atoms with Crippen LogP contribution in [-0.2, 0) is 4.79 Å². The zero-order valence-electron chi connectivity index (χ0n) is 20.6. The first-order valence-electron chi connectivity index (χ1n) is 11.0. The summed E-state index contributed by atoms with van der Waals surface area (Å²) in [5.41, 5.74) is 16.6. The fraction of sp³-hybridized carbons (Fsp3) is 0.143. The van der Waals surface area contributed by atoms with Crippen LogP contribution in [0, 0.1) is 18.3 Å². The summed E-state index contributed by atoms with van der Waals surface area (Å²) in [5, 5.41) is 12.1. The van der Waals surface area contributed by atoms with Crippen molar-refractivity contribution in [1.82, 2.24) is 0 Å². The fourth-order valence-corrected chi connectivity index (χ4v) is 3.90. The number of nitrogens with two attached hydrogens (primary N) is 2. The number of thioether (sulfide) groups is 1. The van der Waals surface area contributed by atoms with Crippen molar-refractivity contribution in [2.24, 2.45) is 11.5 Å². The molecule has 0 aliphatic heterocycles. The Morgan fingerprint density at radius 2 is 1.75 bits per heavy atom. The molecule has 3 aromatic carbocycles. The zero-order chi connectivity index (χ0) is 26.2. The molecule has 5 N–H and O–H groups in total. The number of carbonyl (C=O) groups excluding carboxylic acids is 1. The van der Waals surface area contributed by atoms with E-state index in [-0.39, 0.29) is 17.2 Å². The number of aryl methyl sites for hydroxylation is 1. The molecular weight excluding hydrogens is 472 g/mol. The highest BCUT2D eigenvalue weighted by Gasteiger charge is 2.22. The van der Waals surface area contributed by atoms with Crippen LogP contribution in [0.5, 0.6) is 11.5 Å². The van der Waals surface area contributed by atoms with Gasteiger partial charge in [0.1, 0.15) is 5.57 Å². The zero-order valence-corrected chi connectivity index (χ0v) is 21.4. The van der Waals surface area contributed by atoms with Crippen LogP contribution in [0.25, 0.3) is 5.70 Å². The summed E-state index contributed by atoms with van der Waals surface area (Å²) in [7, 11) is 1.45. The summed E-state index contributed by atoms with van der Waals surface area (Å²) in [6.07, 6.45) is 1.96. The minimum atomic E-state index is -0.481. The smallest absolute Gasteiger partial charge is 0.261 e. The first kappa shape index (κ1) is 26.3. The van der Waals surface area contributed by atoms with E-state index in [0.717, 1.165) is 16.0 Å². The molecule has 8 heteroatoms. The summed E-state index contributed by atoms with van der Waals surface area (Å²) < 4.78 is 11.2. The van der Waals surface area contributed by atoms with Gasteiger partial charge in [-0.3, -0.25) is 4.79 Å². The van der Waals surface area contributed by atoms with E-state index >= 15 is 0 Å². The molecule has 184 valence electrons. The molecule has 0 atom stereocenters. The lowest BCUT2D eigenvalue weighted by Gasteiger charge is -2.17. The van der Waals surface area contributed by atoms with Crippen molar-refractivity contribution in [3.63, 3.8) is 0 Å². The van der Waals surface area contributed by atoms with E-state index in [2.05, 4.69) is 5.32 Å². The van der Waals surface area contributed by atoms with E-state index in [0.29, 0.717) is 28.3 Å². The largest absolute Gasteiger partial charge is 0.493 e. The molecule has 3 rings (SSSR count). The number of nitrogens with zero attached hydrogens (tertiary/aromatic N) is 1. The normalized spacial score (nSPS) is 12.1. The summed E-state index contributed by atoms with van der Waals surface area (Å²) >= 11 is 1.56. The lowest BCUT2D eigenvalue weighted by molar-refractivity contribution is -0.112. The van der Waals surface area contributed by atoms with Crippen LogP contribution in [0.2, 0.25) is 0 Å². The molecule has 0 radical (unpaired) electrons. The van der Waals surface area contributed by atoms with Gasteiger partial charge in [0.25, 0.3) is 5.91 Å². The van der Waals surface area contributed by atoms with E-state index in [4.69, 9.17) is 20.9 Å². The van der Waals surface area contributed by atoms with Crippen LogP contribution < -0.4 is 26.3 Å². The second-order valence-electron chi connectivity index (χ2n) is 7.91. The number of rotatable bonds is 8. The highest BCUT2D eigenvalue weighted by molar-refractivity contribution is 7.98. The summed E-state index contributed by atoms with van der Waals surface area (Å²) in [4.78, 5) is 14.5. The molecule has 0 saturated carbocycles. The number of hydrogen-bond donors (Lipinski definition) is 3. The van der Waals surface area contributed by atoms with Crippen molar-refractivity contribution in [1.29, 1.82) is 5.26 Å². The molecule has 0 unspecified atom stereocenters. The molecular formula is C28H28N4O3S. The van der Waals surface area contributed by atoms with Gasteiger partial charge in [-0.05, 0) is 61.6 Å². The molecule has 36 heavy (non-hydrogen) atoms. The number of carbonyl (C=O) groups is 1. The highest BCUT2D eigenvalue weighted by Crippen LogP contribution is 2.31. The third-order valence-corrected chi connectivity index (χ3v) is 6.18. The van der Waals surface area contributed by atoms with Crippen LogP contribution in [0.1, 0.15) is 23.6 Å². The van der Waals surface area contributed by atoms with E-state index in [1.807, 2.05) is 61.7 Å². The number of nitrogens with one attached hydrogen (secondary N) is 1. The summed E-state index contributed by atoms with van der Waals surface area (Å²) in [6.45, 7) is 3.70. The van der Waals surface area contributed by atoms with Crippen LogP contribution in [-0.4, -0.2) is 19.3 Å². The highest BCUT2D eigenvalue weighted by atomic mass is 32.2. The van der Waals surface area contributed by atoms with Crippen LogP contribution in [0.15, 0.2) is 88.7 Å². The van der Waals surface area contributed by atoms with Gasteiger partial charge in [0.2, 0.25) is 5.88 Å². The number of methoxy groups -OCH3 is 1.